The van der Waals surface area contributed by atoms with Gasteiger partial charge in [0.25, 0.3) is 0 Å². The van der Waals surface area contributed by atoms with E-state index in [-0.39, 0.29) is 5.92 Å². The van der Waals surface area contributed by atoms with Crippen molar-refractivity contribution in [2.45, 2.75) is 76.8 Å². The van der Waals surface area contributed by atoms with Crippen molar-refractivity contribution >= 4 is 5.91 Å². The third-order valence-corrected chi connectivity index (χ3v) is 7.45. The molecule has 3 fully saturated rings. The van der Waals surface area contributed by atoms with Crippen LogP contribution in [0.4, 0.5) is 0 Å². The topological polar surface area (TPSA) is 39.7 Å². The van der Waals surface area contributed by atoms with Crippen molar-refractivity contribution in [2.75, 3.05) is 39.3 Å². The van der Waals surface area contributed by atoms with Gasteiger partial charge in [0, 0.05) is 44.6 Å². The molecular formula is C25H40N4O. The van der Waals surface area contributed by atoms with Gasteiger partial charge in [0.2, 0.25) is 5.91 Å². The van der Waals surface area contributed by atoms with Crippen molar-refractivity contribution < 1.29 is 4.79 Å². The highest BCUT2D eigenvalue weighted by molar-refractivity contribution is 5.79. The lowest BCUT2D eigenvalue weighted by atomic mass is 9.92. The molecule has 3 aliphatic rings. The Morgan fingerprint density at radius 2 is 1.50 bits per heavy atom. The number of piperidine rings is 2. The average molecular weight is 413 g/mol. The van der Waals surface area contributed by atoms with Gasteiger partial charge in [-0.25, -0.2) is 0 Å². The average Bonchev–Trinajstić information content (AvgIpc) is 2.94. The van der Waals surface area contributed by atoms with Crippen molar-refractivity contribution in [3.63, 3.8) is 0 Å². The molecule has 4 rings (SSSR count). The number of rotatable bonds is 4. The number of likely N-dealkylation sites (tertiary alicyclic amines) is 2. The highest BCUT2D eigenvalue weighted by Gasteiger charge is 2.33. The molecule has 0 radical (unpaired) electrons. The summed E-state index contributed by atoms with van der Waals surface area (Å²) in [5.41, 5.74) is 1.36. The standard InChI is InChI=1S/C25H40N4O/c30-25(28-15-5-3-1-2-4-6-16-28)23-8-7-17-29(21-23)24-11-18-27(19-12-24)20-22-9-13-26-14-10-22/h9-10,13-14,23-24H,1-8,11-12,15-21H2. The van der Waals surface area contributed by atoms with E-state index in [0.29, 0.717) is 11.9 Å². The van der Waals surface area contributed by atoms with Crippen molar-refractivity contribution in [1.82, 2.24) is 19.7 Å². The zero-order chi connectivity index (χ0) is 20.6. The minimum absolute atomic E-state index is 0.231. The monoisotopic (exact) mass is 412 g/mol. The summed E-state index contributed by atoms with van der Waals surface area (Å²) in [6.45, 7) is 7.50. The maximum Gasteiger partial charge on any atom is 0.226 e. The molecule has 0 bridgehead atoms. The summed E-state index contributed by atoms with van der Waals surface area (Å²) in [5.74, 6) is 0.686. The van der Waals surface area contributed by atoms with Gasteiger partial charge in [-0.15, -0.1) is 0 Å². The number of aromatic nitrogens is 1. The lowest BCUT2D eigenvalue weighted by molar-refractivity contribution is -0.138. The largest absolute Gasteiger partial charge is 0.342 e. The van der Waals surface area contributed by atoms with Crippen molar-refractivity contribution in [2.24, 2.45) is 5.92 Å². The molecule has 0 saturated carbocycles. The third-order valence-electron chi connectivity index (χ3n) is 7.45. The molecule has 1 atom stereocenters. The Hall–Kier alpha value is -1.46. The maximum atomic E-state index is 13.3. The first kappa shape index (κ1) is 21.8. The van der Waals surface area contributed by atoms with E-state index in [0.717, 1.165) is 45.7 Å². The van der Waals surface area contributed by atoms with Gasteiger partial charge in [-0.2, -0.15) is 0 Å². The van der Waals surface area contributed by atoms with Gasteiger partial charge in [-0.3, -0.25) is 19.6 Å². The van der Waals surface area contributed by atoms with E-state index in [9.17, 15) is 4.79 Å². The molecule has 0 aromatic carbocycles. The normalized spacial score (nSPS) is 26.0. The first-order chi connectivity index (χ1) is 14.8. The Morgan fingerprint density at radius 3 is 2.20 bits per heavy atom. The first-order valence-electron chi connectivity index (χ1n) is 12.4. The number of hydrogen-bond donors (Lipinski definition) is 0. The second-order valence-corrected chi connectivity index (χ2v) is 9.64. The summed E-state index contributed by atoms with van der Waals surface area (Å²) in [6.07, 6.45) is 16.2. The Kier molecular flexibility index (Phi) is 8.15. The number of pyridine rings is 1. The second-order valence-electron chi connectivity index (χ2n) is 9.64. The fourth-order valence-corrected chi connectivity index (χ4v) is 5.63. The minimum Gasteiger partial charge on any atom is -0.342 e. The van der Waals surface area contributed by atoms with Gasteiger partial charge < -0.3 is 4.90 Å². The third kappa shape index (κ3) is 6.04. The fraction of sp³-hybridized carbons (Fsp3) is 0.760. The number of nitrogens with zero attached hydrogens (tertiary/aromatic N) is 4. The van der Waals surface area contributed by atoms with Gasteiger partial charge in [0.15, 0.2) is 0 Å². The molecule has 5 heteroatoms. The van der Waals surface area contributed by atoms with Crippen LogP contribution in [-0.4, -0.2) is 70.9 Å². The van der Waals surface area contributed by atoms with Crippen LogP contribution in [0.5, 0.6) is 0 Å². The molecule has 166 valence electrons. The molecule has 0 aliphatic carbocycles. The lowest BCUT2D eigenvalue weighted by Gasteiger charge is -2.42. The van der Waals surface area contributed by atoms with Crippen LogP contribution in [0.2, 0.25) is 0 Å². The summed E-state index contributed by atoms with van der Waals surface area (Å²) in [7, 11) is 0. The highest BCUT2D eigenvalue weighted by atomic mass is 16.2. The molecule has 1 aromatic heterocycles. The fourth-order valence-electron chi connectivity index (χ4n) is 5.63. The van der Waals surface area contributed by atoms with Gasteiger partial charge >= 0.3 is 0 Å². The predicted molar refractivity (Wildman–Crippen MR) is 121 cm³/mol. The molecular weight excluding hydrogens is 372 g/mol. The summed E-state index contributed by atoms with van der Waals surface area (Å²) < 4.78 is 0. The summed E-state index contributed by atoms with van der Waals surface area (Å²) in [5, 5.41) is 0. The summed E-state index contributed by atoms with van der Waals surface area (Å²) in [6, 6.07) is 4.91. The van der Waals surface area contributed by atoms with E-state index in [2.05, 4.69) is 31.8 Å². The zero-order valence-electron chi connectivity index (χ0n) is 18.7. The van der Waals surface area contributed by atoms with Crippen LogP contribution in [-0.2, 0) is 11.3 Å². The Bertz CT molecular complexity index is 634. The molecule has 0 spiro atoms. The van der Waals surface area contributed by atoms with Gasteiger partial charge in [-0.05, 0) is 75.9 Å². The van der Waals surface area contributed by atoms with E-state index in [1.165, 1.54) is 69.9 Å². The number of carbonyl (C=O) groups excluding carboxylic acids is 1. The lowest BCUT2D eigenvalue weighted by Crippen LogP contribution is -2.51. The van der Waals surface area contributed by atoms with Crippen molar-refractivity contribution in [1.29, 1.82) is 0 Å². The highest BCUT2D eigenvalue weighted by Crippen LogP contribution is 2.26. The Balaban J connectivity index is 1.26. The van der Waals surface area contributed by atoms with E-state index >= 15 is 0 Å². The molecule has 1 aromatic rings. The van der Waals surface area contributed by atoms with Crippen molar-refractivity contribution in [3.8, 4) is 0 Å². The molecule has 1 amide bonds. The predicted octanol–water partition coefficient (Wildman–Crippen LogP) is 3.94. The van der Waals surface area contributed by atoms with Gasteiger partial charge in [-0.1, -0.05) is 25.7 Å². The maximum absolute atomic E-state index is 13.3. The minimum atomic E-state index is 0.231. The molecule has 30 heavy (non-hydrogen) atoms. The quantitative estimate of drug-likeness (QED) is 0.751. The van der Waals surface area contributed by atoms with Crippen LogP contribution in [0.3, 0.4) is 0 Å². The van der Waals surface area contributed by atoms with Gasteiger partial charge in [0.1, 0.15) is 0 Å². The smallest absolute Gasteiger partial charge is 0.226 e. The molecule has 1 unspecified atom stereocenters. The molecule has 4 heterocycles. The summed E-state index contributed by atoms with van der Waals surface area (Å²) >= 11 is 0. The van der Waals surface area contributed by atoms with E-state index < -0.39 is 0 Å². The van der Waals surface area contributed by atoms with Crippen LogP contribution in [0.1, 0.15) is 69.8 Å². The molecule has 3 aliphatic heterocycles. The van der Waals surface area contributed by atoms with Gasteiger partial charge in [0.05, 0.1) is 5.92 Å². The molecule has 5 nitrogen and oxygen atoms in total. The number of amides is 1. The van der Waals surface area contributed by atoms with Crippen LogP contribution in [0.25, 0.3) is 0 Å². The van der Waals surface area contributed by atoms with Crippen LogP contribution < -0.4 is 0 Å². The van der Waals surface area contributed by atoms with Crippen LogP contribution in [0.15, 0.2) is 24.5 Å². The van der Waals surface area contributed by atoms with E-state index in [1.807, 2.05) is 12.4 Å². The Labute approximate surface area is 182 Å². The first-order valence-corrected chi connectivity index (χ1v) is 12.4. The Morgan fingerprint density at radius 1 is 0.833 bits per heavy atom. The van der Waals surface area contributed by atoms with E-state index in [4.69, 9.17) is 0 Å². The second kappa shape index (κ2) is 11.2. The van der Waals surface area contributed by atoms with Crippen LogP contribution in [0, 0.1) is 5.92 Å². The van der Waals surface area contributed by atoms with E-state index in [1.54, 1.807) is 0 Å². The molecule has 3 saturated heterocycles. The zero-order valence-corrected chi connectivity index (χ0v) is 18.7. The SMILES string of the molecule is O=C(C1CCCN(C2CCN(Cc3ccncc3)CC2)C1)N1CCCCCCCC1. The number of carbonyl (C=O) groups is 1. The van der Waals surface area contributed by atoms with Crippen molar-refractivity contribution in [3.05, 3.63) is 30.1 Å². The molecule has 0 N–H and O–H groups in total. The summed E-state index contributed by atoms with van der Waals surface area (Å²) in [4.78, 5) is 24.9. The number of hydrogen-bond acceptors (Lipinski definition) is 4. The van der Waals surface area contributed by atoms with Crippen LogP contribution >= 0.6 is 0 Å².